The van der Waals surface area contributed by atoms with Crippen LogP contribution in [-0.2, 0) is 19.3 Å². The lowest BCUT2D eigenvalue weighted by molar-refractivity contribution is -0.141. The van der Waals surface area contributed by atoms with Gasteiger partial charge in [-0.1, -0.05) is 24.3 Å². The highest BCUT2D eigenvalue weighted by atomic mass is 19.4. The largest absolute Gasteiger partial charge is 0.433 e. The van der Waals surface area contributed by atoms with Crippen LogP contribution in [0.4, 0.5) is 19.0 Å². The Hall–Kier alpha value is -3.04. The highest BCUT2D eigenvalue weighted by Crippen LogP contribution is 2.31. The molecule has 0 atom stereocenters. The van der Waals surface area contributed by atoms with E-state index in [-0.39, 0.29) is 17.7 Å². The average molecular weight is 443 g/mol. The second-order valence-corrected chi connectivity index (χ2v) is 7.83. The predicted molar refractivity (Wildman–Crippen MR) is 115 cm³/mol. The van der Waals surface area contributed by atoms with Gasteiger partial charge in [0.05, 0.1) is 6.10 Å². The molecule has 0 amide bonds. The van der Waals surface area contributed by atoms with Gasteiger partial charge >= 0.3 is 6.18 Å². The fourth-order valence-corrected chi connectivity index (χ4v) is 3.70. The fourth-order valence-electron chi connectivity index (χ4n) is 3.70. The van der Waals surface area contributed by atoms with Crippen molar-refractivity contribution in [1.82, 2.24) is 19.9 Å². The first kappa shape index (κ1) is 22.2. The number of aliphatic hydroxyl groups excluding tert-OH is 1. The minimum absolute atomic E-state index is 0.0319. The number of pyridine rings is 1. The van der Waals surface area contributed by atoms with E-state index in [2.05, 4.69) is 25.2 Å². The zero-order valence-corrected chi connectivity index (χ0v) is 17.4. The second kappa shape index (κ2) is 9.62. The first-order valence-electron chi connectivity index (χ1n) is 10.5. The maximum absolute atomic E-state index is 13.4. The topological polar surface area (TPSA) is 74.2 Å². The van der Waals surface area contributed by atoms with Crippen LogP contribution in [0.15, 0.2) is 54.9 Å². The fraction of sp³-hybridized carbons (Fsp3) is 0.348. The summed E-state index contributed by atoms with van der Waals surface area (Å²) in [5.41, 5.74) is 1.48. The highest BCUT2D eigenvalue weighted by molar-refractivity contribution is 5.56. The van der Waals surface area contributed by atoms with Crippen LogP contribution in [0, 0.1) is 0 Å². The number of halogens is 3. The zero-order chi connectivity index (χ0) is 22.6. The van der Waals surface area contributed by atoms with Crippen LogP contribution in [0.3, 0.4) is 0 Å². The highest BCUT2D eigenvalue weighted by Gasteiger charge is 2.34. The number of benzene rings is 1. The number of piperidine rings is 1. The summed E-state index contributed by atoms with van der Waals surface area (Å²) in [4.78, 5) is 14.2. The molecule has 1 aliphatic heterocycles. The maximum atomic E-state index is 13.4. The van der Waals surface area contributed by atoms with Crippen molar-refractivity contribution < 1.29 is 18.3 Å². The van der Waals surface area contributed by atoms with Gasteiger partial charge in [0.2, 0.25) is 0 Å². The van der Waals surface area contributed by atoms with E-state index in [9.17, 15) is 18.3 Å². The van der Waals surface area contributed by atoms with E-state index < -0.39 is 11.9 Å². The SMILES string of the molecule is OC1CCN(Cc2ccccc2CNc2cc(C(F)(F)F)nc(-c3cccnc3)n2)CC1. The Bertz CT molecular complexity index is 1040. The summed E-state index contributed by atoms with van der Waals surface area (Å²) in [7, 11) is 0. The van der Waals surface area contributed by atoms with Gasteiger partial charge in [-0.15, -0.1) is 0 Å². The van der Waals surface area contributed by atoms with Crippen LogP contribution in [0.1, 0.15) is 29.7 Å². The van der Waals surface area contributed by atoms with Crippen molar-refractivity contribution in [3.63, 3.8) is 0 Å². The van der Waals surface area contributed by atoms with Crippen LogP contribution in [-0.4, -0.2) is 44.2 Å². The Morgan fingerprint density at radius 3 is 2.47 bits per heavy atom. The third-order valence-corrected chi connectivity index (χ3v) is 5.47. The van der Waals surface area contributed by atoms with Crippen LogP contribution < -0.4 is 5.32 Å². The van der Waals surface area contributed by atoms with E-state index in [1.54, 1.807) is 12.1 Å². The molecule has 3 heterocycles. The van der Waals surface area contributed by atoms with Gasteiger partial charge in [-0.3, -0.25) is 9.88 Å². The van der Waals surface area contributed by atoms with Crippen LogP contribution in [0.5, 0.6) is 0 Å². The number of nitrogens with one attached hydrogen (secondary N) is 1. The molecule has 1 fully saturated rings. The van der Waals surface area contributed by atoms with E-state index in [0.717, 1.165) is 49.7 Å². The molecule has 1 saturated heterocycles. The molecular weight excluding hydrogens is 419 g/mol. The Labute approximate surface area is 184 Å². The van der Waals surface area contributed by atoms with Crippen LogP contribution in [0.25, 0.3) is 11.4 Å². The van der Waals surface area contributed by atoms with E-state index in [1.165, 1.54) is 12.4 Å². The van der Waals surface area contributed by atoms with Crippen molar-refractivity contribution in [3.8, 4) is 11.4 Å². The third kappa shape index (κ3) is 5.60. The van der Waals surface area contributed by atoms with Crippen molar-refractivity contribution >= 4 is 5.82 Å². The van der Waals surface area contributed by atoms with Crippen molar-refractivity contribution in [3.05, 3.63) is 71.7 Å². The number of hydrogen-bond donors (Lipinski definition) is 2. The molecule has 2 aromatic heterocycles. The van der Waals surface area contributed by atoms with Gasteiger partial charge in [0.15, 0.2) is 11.5 Å². The Kier molecular flexibility index (Phi) is 6.66. The number of anilines is 1. The zero-order valence-electron chi connectivity index (χ0n) is 17.4. The summed E-state index contributed by atoms with van der Waals surface area (Å²) in [5.74, 6) is 0.0673. The molecule has 0 unspecified atom stereocenters. The number of nitrogens with zero attached hydrogens (tertiary/aromatic N) is 4. The monoisotopic (exact) mass is 443 g/mol. The van der Waals surface area contributed by atoms with Gasteiger partial charge in [-0.05, 0) is 36.1 Å². The molecule has 3 aromatic rings. The van der Waals surface area contributed by atoms with Gasteiger partial charge in [-0.2, -0.15) is 13.2 Å². The van der Waals surface area contributed by atoms with Gasteiger partial charge in [0, 0.05) is 50.2 Å². The van der Waals surface area contributed by atoms with Gasteiger partial charge < -0.3 is 10.4 Å². The Morgan fingerprint density at radius 2 is 1.78 bits per heavy atom. The molecular formula is C23H24F3N5O. The number of alkyl halides is 3. The first-order valence-corrected chi connectivity index (χ1v) is 10.5. The summed E-state index contributed by atoms with van der Waals surface area (Å²) in [6.07, 6.45) is -0.358. The molecule has 0 saturated carbocycles. The van der Waals surface area contributed by atoms with Crippen molar-refractivity contribution in [2.75, 3.05) is 18.4 Å². The summed E-state index contributed by atoms with van der Waals surface area (Å²) >= 11 is 0. The van der Waals surface area contributed by atoms with Gasteiger partial charge in [0.25, 0.3) is 0 Å². The molecule has 9 heteroatoms. The van der Waals surface area contributed by atoms with Crippen LogP contribution >= 0.6 is 0 Å². The van der Waals surface area contributed by atoms with E-state index in [0.29, 0.717) is 12.1 Å². The molecule has 0 radical (unpaired) electrons. The molecule has 4 rings (SSSR count). The molecule has 1 aromatic carbocycles. The maximum Gasteiger partial charge on any atom is 0.433 e. The van der Waals surface area contributed by atoms with E-state index in [4.69, 9.17) is 0 Å². The molecule has 2 N–H and O–H groups in total. The summed E-state index contributed by atoms with van der Waals surface area (Å²) in [6, 6.07) is 12.0. The minimum Gasteiger partial charge on any atom is -0.393 e. The van der Waals surface area contributed by atoms with Crippen LogP contribution in [0.2, 0.25) is 0 Å². The Morgan fingerprint density at radius 1 is 1.03 bits per heavy atom. The van der Waals surface area contributed by atoms with Crippen molar-refractivity contribution in [2.24, 2.45) is 0 Å². The first-order chi connectivity index (χ1) is 15.4. The number of aliphatic hydroxyl groups is 1. The molecule has 32 heavy (non-hydrogen) atoms. The summed E-state index contributed by atoms with van der Waals surface area (Å²) in [5, 5.41) is 12.7. The van der Waals surface area contributed by atoms with E-state index >= 15 is 0 Å². The summed E-state index contributed by atoms with van der Waals surface area (Å²) < 4.78 is 40.3. The normalized spacial score (nSPS) is 15.6. The number of likely N-dealkylation sites (tertiary alicyclic amines) is 1. The Balaban J connectivity index is 1.54. The van der Waals surface area contributed by atoms with Crippen molar-refractivity contribution in [1.29, 1.82) is 0 Å². The smallest absolute Gasteiger partial charge is 0.393 e. The lowest BCUT2D eigenvalue weighted by atomic mass is 10.0. The quantitative estimate of drug-likeness (QED) is 0.597. The standard InChI is InChI=1S/C23H24F3N5O/c24-23(25,26)20-12-21(30-22(29-20)17-6-3-9-27-13-17)28-14-16-4-1-2-5-18(16)15-31-10-7-19(32)8-11-31/h1-6,9,12-13,19,32H,7-8,10-11,14-15H2,(H,28,29,30). The molecule has 0 aliphatic carbocycles. The van der Waals surface area contributed by atoms with Gasteiger partial charge in [-0.25, -0.2) is 9.97 Å². The molecule has 0 bridgehead atoms. The second-order valence-electron chi connectivity index (χ2n) is 7.83. The average Bonchev–Trinajstić information content (AvgIpc) is 2.80. The number of aromatic nitrogens is 3. The predicted octanol–water partition coefficient (Wildman–Crippen LogP) is 4.13. The molecule has 0 spiro atoms. The van der Waals surface area contributed by atoms with Crippen molar-refractivity contribution in [2.45, 2.75) is 38.2 Å². The number of hydrogen-bond acceptors (Lipinski definition) is 6. The number of rotatable bonds is 6. The lowest BCUT2D eigenvalue weighted by Crippen LogP contribution is -2.35. The molecule has 168 valence electrons. The third-order valence-electron chi connectivity index (χ3n) is 5.47. The lowest BCUT2D eigenvalue weighted by Gasteiger charge is -2.30. The summed E-state index contributed by atoms with van der Waals surface area (Å²) in [6.45, 7) is 2.69. The minimum atomic E-state index is -4.59. The van der Waals surface area contributed by atoms with Gasteiger partial charge in [0.1, 0.15) is 5.82 Å². The van der Waals surface area contributed by atoms with E-state index in [1.807, 2.05) is 24.3 Å². The molecule has 6 nitrogen and oxygen atoms in total. The molecule has 1 aliphatic rings.